The Labute approximate surface area is 125 Å². The van der Waals surface area contributed by atoms with Crippen molar-refractivity contribution in [2.24, 2.45) is 17.6 Å². The molecule has 1 aromatic carbocycles. The Morgan fingerprint density at radius 3 is 2.43 bits per heavy atom. The zero-order chi connectivity index (χ0) is 14.4. The van der Waals surface area contributed by atoms with Crippen LogP contribution in [0, 0.1) is 11.8 Å². The summed E-state index contributed by atoms with van der Waals surface area (Å²) in [5.74, 6) is 1.33. The SMILES string of the molecule is NC(CC(=O)N1CC2C3CCC(O3)C2C1)c1ccccc1. The second kappa shape index (κ2) is 5.11. The van der Waals surface area contributed by atoms with Crippen molar-refractivity contribution in [3.8, 4) is 0 Å². The topological polar surface area (TPSA) is 55.6 Å². The van der Waals surface area contributed by atoms with Crippen LogP contribution in [0.1, 0.15) is 30.9 Å². The van der Waals surface area contributed by atoms with Crippen LogP contribution in [-0.2, 0) is 9.53 Å². The van der Waals surface area contributed by atoms with E-state index >= 15 is 0 Å². The minimum atomic E-state index is -0.202. The van der Waals surface area contributed by atoms with Crippen molar-refractivity contribution in [2.45, 2.75) is 37.5 Å². The lowest BCUT2D eigenvalue weighted by Crippen LogP contribution is -2.33. The monoisotopic (exact) mass is 286 g/mol. The molecule has 2 N–H and O–H groups in total. The summed E-state index contributed by atoms with van der Waals surface area (Å²) >= 11 is 0. The van der Waals surface area contributed by atoms with Gasteiger partial charge in [-0.15, -0.1) is 0 Å². The summed E-state index contributed by atoms with van der Waals surface area (Å²) in [6, 6.07) is 9.68. The van der Waals surface area contributed by atoms with Gasteiger partial charge in [0, 0.05) is 37.4 Å². The largest absolute Gasteiger partial charge is 0.374 e. The molecule has 4 heteroatoms. The molecule has 0 radical (unpaired) electrons. The van der Waals surface area contributed by atoms with Gasteiger partial charge in [-0.05, 0) is 18.4 Å². The summed E-state index contributed by atoms with van der Waals surface area (Å²) in [7, 11) is 0. The third-order valence-electron chi connectivity index (χ3n) is 5.43. The molecular weight excluding hydrogens is 264 g/mol. The number of hydrogen-bond acceptors (Lipinski definition) is 3. The third-order valence-corrected chi connectivity index (χ3v) is 5.43. The normalized spacial score (nSPS) is 35.0. The Morgan fingerprint density at radius 1 is 1.19 bits per heavy atom. The number of carbonyl (C=O) groups is 1. The molecule has 5 atom stereocenters. The van der Waals surface area contributed by atoms with Crippen LogP contribution in [0.3, 0.4) is 0 Å². The van der Waals surface area contributed by atoms with E-state index < -0.39 is 0 Å². The van der Waals surface area contributed by atoms with Gasteiger partial charge in [0.2, 0.25) is 5.91 Å². The fraction of sp³-hybridized carbons (Fsp3) is 0.588. The van der Waals surface area contributed by atoms with Crippen LogP contribution in [0.5, 0.6) is 0 Å². The summed E-state index contributed by atoms with van der Waals surface area (Å²) in [6.45, 7) is 1.73. The first-order valence-corrected chi connectivity index (χ1v) is 7.96. The minimum absolute atomic E-state index is 0.195. The molecule has 0 saturated carbocycles. The van der Waals surface area contributed by atoms with Crippen LogP contribution in [0.4, 0.5) is 0 Å². The van der Waals surface area contributed by atoms with Crippen molar-refractivity contribution in [3.05, 3.63) is 35.9 Å². The van der Waals surface area contributed by atoms with E-state index in [0.29, 0.717) is 30.5 Å². The molecule has 5 unspecified atom stereocenters. The van der Waals surface area contributed by atoms with E-state index in [1.165, 1.54) is 12.8 Å². The predicted octanol–water partition coefficient (Wildman–Crippen LogP) is 1.71. The minimum Gasteiger partial charge on any atom is -0.374 e. The molecule has 2 bridgehead atoms. The van der Waals surface area contributed by atoms with E-state index in [-0.39, 0.29) is 11.9 Å². The Morgan fingerprint density at radius 2 is 1.81 bits per heavy atom. The molecule has 0 spiro atoms. The van der Waals surface area contributed by atoms with Gasteiger partial charge < -0.3 is 15.4 Å². The molecule has 0 aromatic heterocycles. The standard InChI is InChI=1S/C17H22N2O2/c18-14(11-4-2-1-3-5-11)8-17(20)19-9-12-13(10-19)16-7-6-15(12)21-16/h1-5,12-16H,6-10,18H2. The zero-order valence-electron chi connectivity index (χ0n) is 12.2. The molecule has 3 heterocycles. The van der Waals surface area contributed by atoms with Crippen LogP contribution in [0.25, 0.3) is 0 Å². The molecular formula is C17H22N2O2. The van der Waals surface area contributed by atoms with E-state index in [9.17, 15) is 4.79 Å². The molecule has 4 rings (SSSR count). The van der Waals surface area contributed by atoms with Crippen LogP contribution in [-0.4, -0.2) is 36.1 Å². The Kier molecular flexibility index (Phi) is 3.23. The van der Waals surface area contributed by atoms with Gasteiger partial charge in [0.1, 0.15) is 0 Å². The molecule has 1 amide bonds. The number of nitrogens with two attached hydrogens (primary N) is 1. The van der Waals surface area contributed by atoms with E-state index in [2.05, 4.69) is 0 Å². The number of rotatable bonds is 3. The van der Waals surface area contributed by atoms with Gasteiger partial charge in [0.25, 0.3) is 0 Å². The van der Waals surface area contributed by atoms with Crippen molar-refractivity contribution in [3.63, 3.8) is 0 Å². The van der Waals surface area contributed by atoms with Gasteiger partial charge in [0.05, 0.1) is 12.2 Å². The highest BCUT2D eigenvalue weighted by molar-refractivity contribution is 5.77. The van der Waals surface area contributed by atoms with Crippen LogP contribution < -0.4 is 5.73 Å². The first-order chi connectivity index (χ1) is 10.2. The average Bonchev–Trinajstić information content (AvgIpc) is 3.20. The second-order valence-corrected chi connectivity index (χ2v) is 6.64. The fourth-order valence-corrected chi connectivity index (χ4v) is 4.30. The van der Waals surface area contributed by atoms with Crippen molar-refractivity contribution in [1.29, 1.82) is 0 Å². The van der Waals surface area contributed by atoms with Crippen molar-refractivity contribution >= 4 is 5.91 Å². The van der Waals surface area contributed by atoms with E-state index in [1.807, 2.05) is 35.2 Å². The molecule has 112 valence electrons. The van der Waals surface area contributed by atoms with Gasteiger partial charge in [-0.2, -0.15) is 0 Å². The number of nitrogens with zero attached hydrogens (tertiary/aromatic N) is 1. The summed E-state index contributed by atoms with van der Waals surface area (Å²) in [5.41, 5.74) is 7.21. The first-order valence-electron chi connectivity index (χ1n) is 7.96. The predicted molar refractivity (Wildman–Crippen MR) is 79.4 cm³/mol. The lowest BCUT2D eigenvalue weighted by molar-refractivity contribution is -0.131. The van der Waals surface area contributed by atoms with E-state index in [1.54, 1.807) is 0 Å². The zero-order valence-corrected chi connectivity index (χ0v) is 12.2. The Hall–Kier alpha value is -1.39. The summed E-state index contributed by atoms with van der Waals surface area (Å²) in [6.07, 6.45) is 3.57. The average molecular weight is 286 g/mol. The number of ether oxygens (including phenoxy) is 1. The summed E-state index contributed by atoms with van der Waals surface area (Å²) < 4.78 is 5.96. The maximum absolute atomic E-state index is 12.5. The second-order valence-electron chi connectivity index (χ2n) is 6.64. The van der Waals surface area contributed by atoms with E-state index in [0.717, 1.165) is 18.7 Å². The molecule has 3 aliphatic heterocycles. The van der Waals surface area contributed by atoms with Crippen molar-refractivity contribution in [2.75, 3.05) is 13.1 Å². The smallest absolute Gasteiger partial charge is 0.224 e. The molecule has 21 heavy (non-hydrogen) atoms. The molecule has 1 aromatic rings. The first kappa shape index (κ1) is 13.3. The van der Waals surface area contributed by atoms with E-state index in [4.69, 9.17) is 10.5 Å². The highest BCUT2D eigenvalue weighted by atomic mass is 16.5. The summed E-state index contributed by atoms with van der Waals surface area (Å²) in [5, 5.41) is 0. The van der Waals surface area contributed by atoms with Crippen LogP contribution in [0.2, 0.25) is 0 Å². The molecule has 4 nitrogen and oxygen atoms in total. The highest BCUT2D eigenvalue weighted by Crippen LogP contribution is 2.47. The third kappa shape index (κ3) is 2.27. The maximum Gasteiger partial charge on any atom is 0.224 e. The molecule has 0 aliphatic carbocycles. The summed E-state index contributed by atoms with van der Waals surface area (Å²) in [4.78, 5) is 14.5. The number of amides is 1. The molecule has 3 fully saturated rings. The van der Waals surface area contributed by atoms with Gasteiger partial charge in [0.15, 0.2) is 0 Å². The Balaban J connectivity index is 1.38. The number of hydrogen-bond donors (Lipinski definition) is 1. The van der Waals surface area contributed by atoms with Crippen LogP contribution >= 0.6 is 0 Å². The highest BCUT2D eigenvalue weighted by Gasteiger charge is 2.53. The number of benzene rings is 1. The Bertz CT molecular complexity index is 515. The lowest BCUT2D eigenvalue weighted by atomic mass is 9.82. The van der Waals surface area contributed by atoms with Crippen molar-refractivity contribution < 1.29 is 9.53 Å². The lowest BCUT2D eigenvalue weighted by Gasteiger charge is -2.21. The van der Waals surface area contributed by atoms with Gasteiger partial charge in [-0.25, -0.2) is 0 Å². The van der Waals surface area contributed by atoms with Gasteiger partial charge in [-0.3, -0.25) is 4.79 Å². The number of fused-ring (bicyclic) bond motifs is 5. The van der Waals surface area contributed by atoms with Crippen LogP contribution in [0.15, 0.2) is 30.3 Å². The number of carbonyl (C=O) groups excluding carboxylic acids is 1. The number of likely N-dealkylation sites (tertiary alicyclic amines) is 1. The van der Waals surface area contributed by atoms with Crippen molar-refractivity contribution in [1.82, 2.24) is 4.90 Å². The molecule has 3 saturated heterocycles. The van der Waals surface area contributed by atoms with Gasteiger partial charge >= 0.3 is 0 Å². The maximum atomic E-state index is 12.5. The quantitative estimate of drug-likeness (QED) is 0.920. The fourth-order valence-electron chi connectivity index (χ4n) is 4.30. The molecule has 3 aliphatic rings. The van der Waals surface area contributed by atoms with Gasteiger partial charge in [-0.1, -0.05) is 30.3 Å².